The number of hydrogen-bond donors (Lipinski definition) is 1. The van der Waals surface area contributed by atoms with E-state index < -0.39 is 4.92 Å². The largest absolute Gasteiger partial charge is 0.469 e. The molecular weight excluding hydrogens is 248 g/mol. The lowest BCUT2D eigenvalue weighted by Gasteiger charge is -2.22. The Labute approximate surface area is 111 Å². The van der Waals surface area contributed by atoms with Crippen molar-refractivity contribution in [1.82, 2.24) is 9.97 Å². The summed E-state index contributed by atoms with van der Waals surface area (Å²) >= 11 is 0. The molecule has 0 amide bonds. The van der Waals surface area contributed by atoms with Gasteiger partial charge in [-0.05, 0) is 32.6 Å². The molecule has 0 aromatic carbocycles. The van der Waals surface area contributed by atoms with Gasteiger partial charge in [0.15, 0.2) is 0 Å². The lowest BCUT2D eigenvalue weighted by atomic mass is 9.98. The van der Waals surface area contributed by atoms with E-state index in [9.17, 15) is 10.1 Å². The summed E-state index contributed by atoms with van der Waals surface area (Å²) in [6.07, 6.45) is 6.58. The highest BCUT2D eigenvalue weighted by molar-refractivity contribution is 5.61. The van der Waals surface area contributed by atoms with E-state index in [0.29, 0.717) is 6.54 Å². The molecule has 2 rings (SSSR count). The molecular formula is C12H18N4O3. The van der Waals surface area contributed by atoms with Gasteiger partial charge in [-0.15, -0.1) is 0 Å². The van der Waals surface area contributed by atoms with Gasteiger partial charge in [0.1, 0.15) is 12.4 Å². The van der Waals surface area contributed by atoms with Crippen molar-refractivity contribution in [2.24, 2.45) is 0 Å². The first kappa shape index (κ1) is 13.5. The molecule has 1 aliphatic rings. The van der Waals surface area contributed by atoms with Gasteiger partial charge in [-0.3, -0.25) is 10.1 Å². The normalized spacial score (nSPS) is 16.1. The molecule has 1 heterocycles. The summed E-state index contributed by atoms with van der Waals surface area (Å²) in [6.45, 7) is 2.41. The van der Waals surface area contributed by atoms with Crippen molar-refractivity contribution >= 4 is 11.5 Å². The summed E-state index contributed by atoms with van der Waals surface area (Å²) in [5.41, 5.74) is -0.171. The summed E-state index contributed by atoms with van der Waals surface area (Å²) in [5, 5.41) is 14.0. The molecule has 0 spiro atoms. The van der Waals surface area contributed by atoms with Gasteiger partial charge in [0, 0.05) is 6.54 Å². The number of hydrogen-bond acceptors (Lipinski definition) is 6. The van der Waals surface area contributed by atoms with E-state index in [-0.39, 0.29) is 23.5 Å². The van der Waals surface area contributed by atoms with E-state index in [1.807, 2.05) is 6.92 Å². The van der Waals surface area contributed by atoms with E-state index in [0.717, 1.165) is 25.7 Å². The molecule has 7 heteroatoms. The predicted molar refractivity (Wildman–Crippen MR) is 70.4 cm³/mol. The van der Waals surface area contributed by atoms with E-state index >= 15 is 0 Å². The second-order valence-electron chi connectivity index (χ2n) is 4.54. The summed E-state index contributed by atoms with van der Waals surface area (Å²) in [6, 6.07) is 0. The van der Waals surface area contributed by atoms with Crippen LogP contribution in [0.25, 0.3) is 0 Å². The van der Waals surface area contributed by atoms with Gasteiger partial charge in [0.25, 0.3) is 5.88 Å². The number of rotatable bonds is 5. The Balaban J connectivity index is 2.22. The number of nitro groups is 1. The molecule has 1 N–H and O–H groups in total. The minimum Gasteiger partial charge on any atom is -0.469 e. The number of aromatic nitrogens is 2. The van der Waals surface area contributed by atoms with Crippen molar-refractivity contribution in [3.05, 3.63) is 16.4 Å². The fourth-order valence-electron chi connectivity index (χ4n) is 2.25. The fraction of sp³-hybridized carbons (Fsp3) is 0.667. The van der Waals surface area contributed by atoms with E-state index in [1.165, 1.54) is 12.7 Å². The van der Waals surface area contributed by atoms with Crippen molar-refractivity contribution in [3.8, 4) is 5.88 Å². The van der Waals surface area contributed by atoms with Crippen LogP contribution in [0.5, 0.6) is 5.88 Å². The fourth-order valence-corrected chi connectivity index (χ4v) is 2.25. The highest BCUT2D eigenvalue weighted by Crippen LogP contribution is 2.33. The highest BCUT2D eigenvalue weighted by atomic mass is 16.6. The Morgan fingerprint density at radius 1 is 1.42 bits per heavy atom. The zero-order chi connectivity index (χ0) is 13.7. The quantitative estimate of drug-likeness (QED) is 0.650. The maximum Gasteiger partial charge on any atom is 0.372 e. The van der Waals surface area contributed by atoms with Crippen LogP contribution < -0.4 is 10.1 Å². The van der Waals surface area contributed by atoms with Gasteiger partial charge in [-0.2, -0.15) is 4.98 Å². The smallest absolute Gasteiger partial charge is 0.372 e. The second-order valence-corrected chi connectivity index (χ2v) is 4.54. The second kappa shape index (κ2) is 6.31. The molecule has 0 bridgehead atoms. The SMILES string of the molecule is CCNc1ncnc(OC2CCCCC2)c1[N+](=O)[O-]. The Kier molecular flexibility index (Phi) is 4.48. The van der Waals surface area contributed by atoms with Crippen LogP contribution in [0.2, 0.25) is 0 Å². The Hall–Kier alpha value is -1.92. The first-order valence-corrected chi connectivity index (χ1v) is 6.62. The predicted octanol–water partition coefficient (Wildman–Crippen LogP) is 2.53. The number of ether oxygens (including phenoxy) is 1. The molecule has 0 atom stereocenters. The zero-order valence-corrected chi connectivity index (χ0v) is 11.0. The lowest BCUT2D eigenvalue weighted by molar-refractivity contribution is -0.385. The van der Waals surface area contributed by atoms with Gasteiger partial charge in [-0.1, -0.05) is 6.42 Å². The average molecular weight is 266 g/mol. The maximum absolute atomic E-state index is 11.2. The molecule has 1 aromatic heterocycles. The van der Waals surface area contributed by atoms with Crippen LogP contribution in [-0.2, 0) is 0 Å². The van der Waals surface area contributed by atoms with Crippen LogP contribution in [0, 0.1) is 10.1 Å². The monoisotopic (exact) mass is 266 g/mol. The summed E-state index contributed by atoms with van der Waals surface area (Å²) in [4.78, 5) is 18.5. The molecule has 0 radical (unpaired) electrons. The minimum atomic E-state index is -0.490. The molecule has 0 saturated heterocycles. The van der Waals surface area contributed by atoms with Gasteiger partial charge >= 0.3 is 5.69 Å². The summed E-state index contributed by atoms with van der Waals surface area (Å²) in [7, 11) is 0. The molecule has 0 unspecified atom stereocenters. The third kappa shape index (κ3) is 3.30. The molecule has 19 heavy (non-hydrogen) atoms. The first-order valence-electron chi connectivity index (χ1n) is 6.62. The number of nitrogens with zero attached hydrogens (tertiary/aromatic N) is 3. The third-order valence-electron chi connectivity index (χ3n) is 3.15. The third-order valence-corrected chi connectivity index (χ3v) is 3.15. The van der Waals surface area contributed by atoms with Gasteiger partial charge in [-0.25, -0.2) is 4.98 Å². The molecule has 0 aliphatic heterocycles. The van der Waals surface area contributed by atoms with Crippen molar-refractivity contribution in [1.29, 1.82) is 0 Å². The molecule has 1 aromatic rings. The van der Waals surface area contributed by atoms with E-state index in [2.05, 4.69) is 15.3 Å². The Bertz CT molecular complexity index is 447. The average Bonchev–Trinajstić information content (AvgIpc) is 2.40. The Morgan fingerprint density at radius 2 is 2.16 bits per heavy atom. The number of nitrogens with one attached hydrogen (secondary N) is 1. The van der Waals surface area contributed by atoms with E-state index in [4.69, 9.17) is 4.74 Å². The lowest BCUT2D eigenvalue weighted by Crippen LogP contribution is -2.21. The highest BCUT2D eigenvalue weighted by Gasteiger charge is 2.27. The molecule has 7 nitrogen and oxygen atoms in total. The minimum absolute atomic E-state index is 0.0248. The van der Waals surface area contributed by atoms with E-state index in [1.54, 1.807) is 0 Å². The van der Waals surface area contributed by atoms with Crippen LogP contribution in [0.1, 0.15) is 39.0 Å². The molecule has 1 fully saturated rings. The van der Waals surface area contributed by atoms with Gasteiger partial charge in [0.2, 0.25) is 5.82 Å². The van der Waals surface area contributed by atoms with Crippen molar-refractivity contribution < 1.29 is 9.66 Å². The van der Waals surface area contributed by atoms with Crippen LogP contribution in [0.15, 0.2) is 6.33 Å². The van der Waals surface area contributed by atoms with Crippen molar-refractivity contribution in [2.75, 3.05) is 11.9 Å². The van der Waals surface area contributed by atoms with Gasteiger partial charge < -0.3 is 10.1 Å². The summed E-state index contributed by atoms with van der Waals surface area (Å²) in [5.74, 6) is 0.288. The standard InChI is InChI=1S/C12H18N4O3/c1-2-13-11-10(16(17)18)12(15-8-14-11)19-9-6-4-3-5-7-9/h8-9H,2-7H2,1H3,(H,13,14,15). The Morgan fingerprint density at radius 3 is 2.79 bits per heavy atom. The first-order chi connectivity index (χ1) is 9.22. The maximum atomic E-state index is 11.2. The van der Waals surface area contributed by atoms with Crippen LogP contribution in [-0.4, -0.2) is 27.5 Å². The number of anilines is 1. The van der Waals surface area contributed by atoms with Crippen molar-refractivity contribution in [3.63, 3.8) is 0 Å². The topological polar surface area (TPSA) is 90.2 Å². The van der Waals surface area contributed by atoms with Crippen LogP contribution in [0.4, 0.5) is 11.5 Å². The summed E-state index contributed by atoms with van der Waals surface area (Å²) < 4.78 is 5.70. The molecule has 1 aliphatic carbocycles. The van der Waals surface area contributed by atoms with Gasteiger partial charge in [0.05, 0.1) is 4.92 Å². The van der Waals surface area contributed by atoms with Crippen molar-refractivity contribution in [2.45, 2.75) is 45.1 Å². The zero-order valence-electron chi connectivity index (χ0n) is 11.0. The molecule has 1 saturated carbocycles. The van der Waals surface area contributed by atoms with Crippen LogP contribution >= 0.6 is 0 Å². The van der Waals surface area contributed by atoms with Crippen LogP contribution in [0.3, 0.4) is 0 Å². The molecule has 104 valence electrons.